The molecule has 2 aromatic carbocycles. The van der Waals surface area contributed by atoms with E-state index in [-0.39, 0.29) is 11.8 Å². The molecular formula is C23H28N2O. The Kier molecular flexibility index (Phi) is 5.77. The van der Waals surface area contributed by atoms with E-state index in [1.807, 2.05) is 6.07 Å². The van der Waals surface area contributed by atoms with E-state index in [0.29, 0.717) is 12.3 Å². The van der Waals surface area contributed by atoms with Crippen molar-refractivity contribution < 1.29 is 4.79 Å². The summed E-state index contributed by atoms with van der Waals surface area (Å²) in [7, 11) is 0. The van der Waals surface area contributed by atoms with Crippen LogP contribution in [0, 0.1) is 12.8 Å². The summed E-state index contributed by atoms with van der Waals surface area (Å²) in [4.78, 5) is 15.9. The van der Waals surface area contributed by atoms with Gasteiger partial charge in [-0.25, -0.2) is 0 Å². The zero-order valence-corrected chi connectivity index (χ0v) is 15.9. The number of aromatic amines is 1. The molecule has 3 nitrogen and oxygen atoms in total. The van der Waals surface area contributed by atoms with E-state index >= 15 is 0 Å². The summed E-state index contributed by atoms with van der Waals surface area (Å²) in [5.74, 6) is 0.754. The van der Waals surface area contributed by atoms with Crippen molar-refractivity contribution in [1.29, 1.82) is 0 Å². The molecule has 2 N–H and O–H groups in total. The van der Waals surface area contributed by atoms with Crippen molar-refractivity contribution >= 4 is 16.8 Å². The second-order valence-corrected chi connectivity index (χ2v) is 7.49. The fourth-order valence-electron chi connectivity index (χ4n) is 3.35. The predicted octanol–water partition coefficient (Wildman–Crippen LogP) is 5.16. The molecule has 0 aliphatic rings. The highest BCUT2D eigenvalue weighted by Gasteiger charge is 2.21. The van der Waals surface area contributed by atoms with Crippen LogP contribution in [-0.2, 0) is 4.79 Å². The Morgan fingerprint density at radius 1 is 1.08 bits per heavy atom. The molecule has 0 unspecified atom stereocenters. The van der Waals surface area contributed by atoms with Gasteiger partial charge >= 0.3 is 0 Å². The number of H-pyrrole nitrogens is 1. The molecule has 1 aromatic heterocycles. The van der Waals surface area contributed by atoms with Crippen molar-refractivity contribution in [2.45, 2.75) is 39.5 Å². The van der Waals surface area contributed by atoms with E-state index in [9.17, 15) is 4.79 Å². The van der Waals surface area contributed by atoms with Crippen molar-refractivity contribution in [2.75, 3.05) is 6.54 Å². The molecule has 3 rings (SSSR count). The summed E-state index contributed by atoms with van der Waals surface area (Å²) in [6.07, 6.45) is 3.52. The standard InChI is InChI=1S/C23H28N2O/c1-16(2)12-13-24-23(26)14-20(18-10-8-17(3)9-11-18)21-15-25-22-7-5-4-6-19(21)22/h4-11,15-16,20,25H,12-14H2,1-3H3,(H,24,26)/t20-/m1/s1. The Bertz CT molecular complexity index is 861. The number of carbonyl (C=O) groups is 1. The van der Waals surface area contributed by atoms with Gasteiger partial charge < -0.3 is 10.3 Å². The zero-order chi connectivity index (χ0) is 18.5. The maximum atomic E-state index is 12.6. The first-order chi connectivity index (χ1) is 12.5. The Hall–Kier alpha value is -2.55. The second kappa shape index (κ2) is 8.22. The minimum absolute atomic E-state index is 0.0470. The Morgan fingerprint density at radius 2 is 1.81 bits per heavy atom. The SMILES string of the molecule is Cc1ccc([C@@H](CC(=O)NCCC(C)C)c2c[nH]c3ccccc23)cc1. The maximum Gasteiger partial charge on any atom is 0.220 e. The smallest absolute Gasteiger partial charge is 0.220 e. The van der Waals surface area contributed by atoms with Gasteiger partial charge in [0.15, 0.2) is 0 Å². The van der Waals surface area contributed by atoms with Crippen LogP contribution >= 0.6 is 0 Å². The van der Waals surface area contributed by atoms with Crippen molar-refractivity contribution in [3.05, 3.63) is 71.4 Å². The number of para-hydroxylation sites is 1. The number of nitrogens with one attached hydrogen (secondary N) is 2. The Morgan fingerprint density at radius 3 is 2.54 bits per heavy atom. The molecule has 0 fully saturated rings. The fraction of sp³-hybridized carbons (Fsp3) is 0.348. The van der Waals surface area contributed by atoms with Gasteiger partial charge in [-0.2, -0.15) is 0 Å². The number of rotatable bonds is 7. The largest absolute Gasteiger partial charge is 0.361 e. The van der Waals surface area contributed by atoms with Gasteiger partial charge in [0.25, 0.3) is 0 Å². The van der Waals surface area contributed by atoms with Crippen molar-refractivity contribution in [3.63, 3.8) is 0 Å². The molecule has 0 saturated heterocycles. The highest BCUT2D eigenvalue weighted by Crippen LogP contribution is 2.33. The van der Waals surface area contributed by atoms with Gasteiger partial charge in [0.2, 0.25) is 5.91 Å². The third kappa shape index (κ3) is 4.34. The van der Waals surface area contributed by atoms with Crippen LogP contribution in [-0.4, -0.2) is 17.4 Å². The number of aryl methyl sites for hydroxylation is 1. The van der Waals surface area contributed by atoms with Crippen molar-refractivity contribution in [2.24, 2.45) is 5.92 Å². The number of fused-ring (bicyclic) bond motifs is 1. The highest BCUT2D eigenvalue weighted by atomic mass is 16.1. The molecule has 0 saturated carbocycles. The minimum atomic E-state index is 0.0470. The molecule has 26 heavy (non-hydrogen) atoms. The van der Waals surface area contributed by atoms with Crippen LogP contribution in [0.25, 0.3) is 10.9 Å². The molecule has 1 amide bonds. The van der Waals surface area contributed by atoms with Crippen molar-refractivity contribution in [3.8, 4) is 0 Å². The van der Waals surface area contributed by atoms with E-state index < -0.39 is 0 Å². The summed E-state index contributed by atoms with van der Waals surface area (Å²) in [6.45, 7) is 7.18. The summed E-state index contributed by atoms with van der Waals surface area (Å²) in [5, 5.41) is 4.27. The molecule has 0 bridgehead atoms. The molecule has 1 heterocycles. The van der Waals surface area contributed by atoms with E-state index in [1.54, 1.807) is 0 Å². The molecular weight excluding hydrogens is 320 g/mol. The van der Waals surface area contributed by atoms with Crippen molar-refractivity contribution in [1.82, 2.24) is 10.3 Å². The van der Waals surface area contributed by atoms with Crippen LogP contribution in [0.5, 0.6) is 0 Å². The molecule has 3 heteroatoms. The van der Waals surface area contributed by atoms with Gasteiger partial charge in [-0.15, -0.1) is 0 Å². The average molecular weight is 348 g/mol. The molecule has 3 aromatic rings. The first-order valence-corrected chi connectivity index (χ1v) is 9.44. The zero-order valence-electron chi connectivity index (χ0n) is 15.9. The van der Waals surface area contributed by atoms with Gasteiger partial charge in [0, 0.05) is 36.0 Å². The van der Waals surface area contributed by atoms with Crippen LogP contribution in [0.3, 0.4) is 0 Å². The van der Waals surface area contributed by atoms with E-state index in [4.69, 9.17) is 0 Å². The molecule has 136 valence electrons. The van der Waals surface area contributed by atoms with Gasteiger partial charge in [0.1, 0.15) is 0 Å². The second-order valence-electron chi connectivity index (χ2n) is 7.49. The molecule has 1 atom stereocenters. The molecule has 0 aliphatic carbocycles. The van der Waals surface area contributed by atoms with Gasteiger partial charge in [-0.1, -0.05) is 61.9 Å². The molecule has 0 spiro atoms. The molecule has 0 radical (unpaired) electrons. The monoisotopic (exact) mass is 348 g/mol. The van der Waals surface area contributed by atoms with Gasteiger partial charge in [-0.3, -0.25) is 4.79 Å². The lowest BCUT2D eigenvalue weighted by molar-refractivity contribution is -0.121. The third-order valence-electron chi connectivity index (χ3n) is 4.91. The fourth-order valence-corrected chi connectivity index (χ4v) is 3.35. The third-order valence-corrected chi connectivity index (χ3v) is 4.91. The average Bonchev–Trinajstić information content (AvgIpc) is 3.04. The lowest BCUT2D eigenvalue weighted by Gasteiger charge is -2.18. The number of amides is 1. The Balaban J connectivity index is 1.87. The summed E-state index contributed by atoms with van der Waals surface area (Å²) in [5.41, 5.74) is 4.70. The predicted molar refractivity (Wildman–Crippen MR) is 108 cm³/mol. The van der Waals surface area contributed by atoms with Crippen LogP contribution < -0.4 is 5.32 Å². The summed E-state index contributed by atoms with van der Waals surface area (Å²) in [6, 6.07) is 16.8. The highest BCUT2D eigenvalue weighted by molar-refractivity contribution is 5.86. The van der Waals surface area contributed by atoms with E-state index in [0.717, 1.165) is 18.5 Å². The molecule has 0 aliphatic heterocycles. The first kappa shape index (κ1) is 18.2. The first-order valence-electron chi connectivity index (χ1n) is 9.44. The number of aromatic nitrogens is 1. The van der Waals surface area contributed by atoms with E-state index in [2.05, 4.69) is 79.7 Å². The quantitative estimate of drug-likeness (QED) is 0.608. The number of carbonyl (C=O) groups excluding carboxylic acids is 1. The topological polar surface area (TPSA) is 44.9 Å². The maximum absolute atomic E-state index is 12.6. The normalized spacial score (nSPS) is 12.5. The number of hydrogen-bond donors (Lipinski definition) is 2. The number of hydrogen-bond acceptors (Lipinski definition) is 1. The van der Waals surface area contributed by atoms with Crippen LogP contribution in [0.15, 0.2) is 54.7 Å². The summed E-state index contributed by atoms with van der Waals surface area (Å²) < 4.78 is 0. The van der Waals surface area contributed by atoms with E-state index in [1.165, 1.54) is 22.1 Å². The van der Waals surface area contributed by atoms with Crippen LogP contribution in [0.1, 0.15) is 49.3 Å². The number of benzene rings is 2. The lowest BCUT2D eigenvalue weighted by Crippen LogP contribution is -2.27. The minimum Gasteiger partial charge on any atom is -0.361 e. The van der Waals surface area contributed by atoms with Crippen LogP contribution in [0.2, 0.25) is 0 Å². The van der Waals surface area contributed by atoms with Gasteiger partial charge in [-0.05, 0) is 36.5 Å². The summed E-state index contributed by atoms with van der Waals surface area (Å²) >= 11 is 0. The lowest BCUT2D eigenvalue weighted by atomic mass is 9.87. The Labute approximate surface area is 155 Å². The van der Waals surface area contributed by atoms with Gasteiger partial charge in [0.05, 0.1) is 0 Å². The van der Waals surface area contributed by atoms with Crippen LogP contribution in [0.4, 0.5) is 0 Å².